The van der Waals surface area contributed by atoms with Gasteiger partial charge in [-0.2, -0.15) is 4.98 Å². The maximum Gasteiger partial charge on any atom is 0.273 e. The molecule has 0 radical (unpaired) electrons. The smallest absolute Gasteiger partial charge is 0.273 e. The summed E-state index contributed by atoms with van der Waals surface area (Å²) in [6.07, 6.45) is 7.30. The van der Waals surface area contributed by atoms with Crippen molar-refractivity contribution in [3.63, 3.8) is 0 Å². The molecule has 3 aromatic rings. The lowest BCUT2D eigenvalue weighted by atomic mass is 10.0. The predicted molar refractivity (Wildman–Crippen MR) is 124 cm³/mol. The molecular weight excluding hydrogens is 408 g/mol. The summed E-state index contributed by atoms with van der Waals surface area (Å²) in [5, 5.41) is 15.6. The van der Waals surface area contributed by atoms with Gasteiger partial charge in [0.1, 0.15) is 0 Å². The topological polar surface area (TPSA) is 146 Å². The fraction of sp³-hybridized carbons (Fsp3) is 0.455. The average molecular weight is 439 g/mol. The van der Waals surface area contributed by atoms with E-state index in [9.17, 15) is 4.79 Å². The fourth-order valence-corrected chi connectivity index (χ4v) is 4.17. The van der Waals surface area contributed by atoms with Gasteiger partial charge in [0.25, 0.3) is 5.91 Å². The second kappa shape index (κ2) is 9.92. The Labute approximate surface area is 186 Å². The number of amides is 1. The quantitative estimate of drug-likeness (QED) is 0.392. The van der Waals surface area contributed by atoms with Gasteiger partial charge in [0.05, 0.1) is 12.1 Å². The Morgan fingerprint density at radius 2 is 2.06 bits per heavy atom. The van der Waals surface area contributed by atoms with Crippen molar-refractivity contribution in [3.8, 4) is 0 Å². The van der Waals surface area contributed by atoms with Crippen LogP contribution in [0.15, 0.2) is 30.5 Å². The highest BCUT2D eigenvalue weighted by Gasteiger charge is 2.23. The fourth-order valence-electron chi connectivity index (χ4n) is 4.17. The van der Waals surface area contributed by atoms with E-state index in [0.29, 0.717) is 12.6 Å². The number of hydrogen-bond donors (Lipinski definition) is 4. The molecule has 10 heteroatoms. The molecule has 1 fully saturated rings. The molecule has 1 aliphatic carbocycles. The van der Waals surface area contributed by atoms with Gasteiger partial charge < -0.3 is 31.4 Å². The van der Waals surface area contributed by atoms with Crippen LogP contribution in [0.5, 0.6) is 0 Å². The van der Waals surface area contributed by atoms with Crippen LogP contribution in [0, 0.1) is 0 Å². The highest BCUT2D eigenvalue weighted by Crippen LogP contribution is 2.28. The molecule has 1 aliphatic rings. The van der Waals surface area contributed by atoms with Crippen LogP contribution in [0.3, 0.4) is 0 Å². The molecule has 0 spiro atoms. The maximum absolute atomic E-state index is 12.0. The summed E-state index contributed by atoms with van der Waals surface area (Å²) in [4.78, 5) is 16.5. The molecule has 2 aromatic heterocycles. The summed E-state index contributed by atoms with van der Waals surface area (Å²) < 4.78 is 7.30. The Balaban J connectivity index is 1.63. The molecule has 2 heterocycles. The summed E-state index contributed by atoms with van der Waals surface area (Å²) >= 11 is 0. The van der Waals surface area contributed by atoms with Gasteiger partial charge >= 0.3 is 0 Å². The number of anilines is 3. The molecule has 0 aliphatic heterocycles. The minimum atomic E-state index is -0.699. The Bertz CT molecular complexity index is 1080. The summed E-state index contributed by atoms with van der Waals surface area (Å²) in [6, 6.07) is 7.98. The number of nitrogens with two attached hydrogens (primary N) is 2. The Morgan fingerprint density at radius 1 is 1.22 bits per heavy atom. The second-order valence-corrected chi connectivity index (χ2v) is 8.11. The number of carbonyl (C=O) groups excluding carboxylic acids is 1. The van der Waals surface area contributed by atoms with Crippen LogP contribution in [0.2, 0.25) is 0 Å². The first-order valence-electron chi connectivity index (χ1n) is 11.0. The van der Waals surface area contributed by atoms with Gasteiger partial charge in [-0.05, 0) is 31.0 Å². The average Bonchev–Trinajstić information content (AvgIpc) is 3.09. The van der Waals surface area contributed by atoms with Gasteiger partial charge in [0, 0.05) is 43.0 Å². The number of aromatic nitrogens is 4. The summed E-state index contributed by atoms with van der Waals surface area (Å²) in [7, 11) is 1.68. The van der Waals surface area contributed by atoms with Crippen molar-refractivity contribution in [2.75, 3.05) is 24.4 Å². The van der Waals surface area contributed by atoms with Gasteiger partial charge in [0.15, 0.2) is 11.5 Å². The summed E-state index contributed by atoms with van der Waals surface area (Å²) in [6.45, 7) is 1.35. The molecule has 1 amide bonds. The number of ether oxygens (including phenoxy) is 1. The number of nitrogens with one attached hydrogen (secondary N) is 2. The number of primary amides is 1. The normalized spacial score (nSPS) is 18.9. The largest absolute Gasteiger partial charge is 0.383 e. The Hall–Kier alpha value is -3.24. The second-order valence-electron chi connectivity index (χ2n) is 8.11. The summed E-state index contributed by atoms with van der Waals surface area (Å²) in [5.41, 5.74) is 13.7. The van der Waals surface area contributed by atoms with E-state index in [1.54, 1.807) is 7.11 Å². The highest BCUT2D eigenvalue weighted by molar-refractivity contribution is 5.99. The number of carbonyl (C=O) groups is 1. The first kappa shape index (κ1) is 22.0. The Kier molecular flexibility index (Phi) is 6.81. The number of methoxy groups -OCH3 is 1. The van der Waals surface area contributed by atoms with Crippen LogP contribution in [-0.2, 0) is 11.3 Å². The number of benzene rings is 1. The molecule has 10 nitrogen and oxygen atoms in total. The molecule has 32 heavy (non-hydrogen) atoms. The first-order valence-corrected chi connectivity index (χ1v) is 11.0. The van der Waals surface area contributed by atoms with Crippen molar-refractivity contribution in [1.29, 1.82) is 0 Å². The van der Waals surface area contributed by atoms with Gasteiger partial charge in [-0.25, -0.2) is 0 Å². The van der Waals surface area contributed by atoms with E-state index in [2.05, 4.69) is 30.4 Å². The molecule has 6 N–H and O–H groups in total. The van der Waals surface area contributed by atoms with Gasteiger partial charge in [-0.15, -0.1) is 10.2 Å². The molecular formula is C22H30N8O2. The predicted octanol–water partition coefficient (Wildman–Crippen LogP) is 2.39. The van der Waals surface area contributed by atoms with E-state index >= 15 is 0 Å². The van der Waals surface area contributed by atoms with Crippen LogP contribution in [0.1, 0.15) is 42.6 Å². The number of fused-ring (bicyclic) bond motifs is 1. The lowest BCUT2D eigenvalue weighted by molar-refractivity contribution is 0.0995. The molecule has 0 saturated heterocycles. The monoisotopic (exact) mass is 438 g/mol. The van der Waals surface area contributed by atoms with E-state index in [1.807, 2.05) is 30.5 Å². The third-order valence-electron chi connectivity index (χ3n) is 5.91. The van der Waals surface area contributed by atoms with Crippen molar-refractivity contribution < 1.29 is 9.53 Å². The van der Waals surface area contributed by atoms with Gasteiger partial charge in [-0.3, -0.25) is 4.79 Å². The van der Waals surface area contributed by atoms with Crippen molar-refractivity contribution >= 4 is 34.3 Å². The third kappa shape index (κ3) is 4.81. The number of rotatable bonds is 8. The maximum atomic E-state index is 12.0. The van der Waals surface area contributed by atoms with Crippen LogP contribution >= 0.6 is 0 Å². The van der Waals surface area contributed by atoms with Crippen LogP contribution < -0.4 is 22.1 Å². The van der Waals surface area contributed by atoms with E-state index < -0.39 is 5.91 Å². The molecule has 0 bridgehead atoms. The molecule has 4 rings (SSSR count). The first-order chi connectivity index (χ1) is 15.6. The number of hydrogen-bond acceptors (Lipinski definition) is 8. The van der Waals surface area contributed by atoms with E-state index in [0.717, 1.165) is 48.8 Å². The highest BCUT2D eigenvalue weighted by atomic mass is 16.5. The van der Waals surface area contributed by atoms with Crippen LogP contribution in [0.25, 0.3) is 10.9 Å². The minimum absolute atomic E-state index is 0.0171. The third-order valence-corrected chi connectivity index (χ3v) is 5.91. The number of nitrogens with zero attached hydrogens (tertiary/aromatic N) is 4. The zero-order valence-corrected chi connectivity index (χ0v) is 18.3. The molecule has 1 aromatic carbocycles. The SMILES string of the molecule is COCCn1ccc2c(Nc3nc(N[C@@H]4CCCCC[C@@H]4N)nnc3C(N)=O)cccc21. The van der Waals surface area contributed by atoms with Gasteiger partial charge in [-0.1, -0.05) is 25.3 Å². The van der Waals surface area contributed by atoms with E-state index in [4.69, 9.17) is 16.2 Å². The van der Waals surface area contributed by atoms with Crippen molar-refractivity contribution in [2.24, 2.45) is 11.5 Å². The Morgan fingerprint density at radius 3 is 2.88 bits per heavy atom. The molecule has 2 atom stereocenters. The zero-order chi connectivity index (χ0) is 22.5. The van der Waals surface area contributed by atoms with Crippen molar-refractivity contribution in [2.45, 2.75) is 50.7 Å². The lowest BCUT2D eigenvalue weighted by Crippen LogP contribution is -2.40. The molecule has 170 valence electrons. The summed E-state index contributed by atoms with van der Waals surface area (Å²) in [5.74, 6) is -0.117. The van der Waals surface area contributed by atoms with Crippen LogP contribution in [0.4, 0.5) is 17.5 Å². The molecule has 0 unspecified atom stereocenters. The van der Waals surface area contributed by atoms with Crippen molar-refractivity contribution in [3.05, 3.63) is 36.2 Å². The van der Waals surface area contributed by atoms with Gasteiger partial charge in [0.2, 0.25) is 5.95 Å². The molecule has 1 saturated carbocycles. The standard InChI is InChI=1S/C22H30N8O2/c1-32-13-12-30-11-10-14-16(8-5-9-18(14)30)25-21-19(20(24)31)28-29-22(27-21)26-17-7-4-2-3-6-15(17)23/h5,8-11,15,17H,2-4,6-7,12-13,23H2,1H3,(H2,24,31)(H2,25,26,27,29)/t15-,17+/m0/s1. The van der Waals surface area contributed by atoms with Crippen LogP contribution in [-0.4, -0.2) is 51.5 Å². The van der Waals surface area contributed by atoms with E-state index in [-0.39, 0.29) is 23.6 Å². The zero-order valence-electron chi connectivity index (χ0n) is 18.3. The lowest BCUT2D eigenvalue weighted by Gasteiger charge is -2.22. The minimum Gasteiger partial charge on any atom is -0.383 e. The van der Waals surface area contributed by atoms with E-state index in [1.165, 1.54) is 6.42 Å². The van der Waals surface area contributed by atoms with Crippen molar-refractivity contribution in [1.82, 2.24) is 19.7 Å².